The van der Waals surface area contributed by atoms with Crippen LogP contribution in [0.2, 0.25) is 0 Å². The second kappa shape index (κ2) is 8.45. The average molecular weight is 374 g/mol. The SMILES string of the molecule is O=C(CCNC(=O)c1cccs1)NCC1(c2ccc(F)cc2)CCCC1. The summed E-state index contributed by atoms with van der Waals surface area (Å²) in [5.74, 6) is -0.469. The number of nitrogens with one attached hydrogen (secondary N) is 2. The van der Waals surface area contributed by atoms with Gasteiger partial charge in [-0.3, -0.25) is 9.59 Å². The lowest BCUT2D eigenvalue weighted by Crippen LogP contribution is -2.40. The molecule has 0 aliphatic heterocycles. The smallest absolute Gasteiger partial charge is 0.261 e. The Bertz CT molecular complexity index is 738. The van der Waals surface area contributed by atoms with Gasteiger partial charge in [0.2, 0.25) is 5.91 Å². The Kier molecular flexibility index (Phi) is 6.04. The van der Waals surface area contributed by atoms with Crippen LogP contribution >= 0.6 is 11.3 Å². The summed E-state index contributed by atoms with van der Waals surface area (Å²) in [7, 11) is 0. The van der Waals surface area contributed by atoms with Crippen molar-refractivity contribution in [3.8, 4) is 0 Å². The molecule has 26 heavy (non-hydrogen) atoms. The summed E-state index contributed by atoms with van der Waals surface area (Å²) in [5, 5.41) is 7.61. The van der Waals surface area contributed by atoms with Crippen LogP contribution in [0.4, 0.5) is 4.39 Å². The van der Waals surface area contributed by atoms with Crippen LogP contribution in [-0.4, -0.2) is 24.9 Å². The van der Waals surface area contributed by atoms with E-state index in [9.17, 15) is 14.0 Å². The van der Waals surface area contributed by atoms with Gasteiger partial charge in [-0.2, -0.15) is 0 Å². The zero-order valence-corrected chi connectivity index (χ0v) is 15.4. The molecule has 6 heteroatoms. The van der Waals surface area contributed by atoms with Gasteiger partial charge in [-0.25, -0.2) is 4.39 Å². The Morgan fingerprint density at radius 1 is 1.08 bits per heavy atom. The van der Waals surface area contributed by atoms with Crippen LogP contribution in [0.15, 0.2) is 41.8 Å². The molecule has 0 unspecified atom stereocenters. The van der Waals surface area contributed by atoms with Crippen LogP contribution in [0, 0.1) is 5.82 Å². The van der Waals surface area contributed by atoms with E-state index in [4.69, 9.17) is 0 Å². The molecule has 0 spiro atoms. The van der Waals surface area contributed by atoms with Crippen LogP contribution in [-0.2, 0) is 10.2 Å². The van der Waals surface area contributed by atoms with Gasteiger partial charge >= 0.3 is 0 Å². The van der Waals surface area contributed by atoms with Gasteiger partial charge in [0.1, 0.15) is 5.82 Å². The molecule has 0 saturated heterocycles. The van der Waals surface area contributed by atoms with Gasteiger partial charge in [-0.05, 0) is 42.0 Å². The number of hydrogen-bond acceptors (Lipinski definition) is 3. The lowest BCUT2D eigenvalue weighted by atomic mass is 9.79. The van der Waals surface area contributed by atoms with E-state index >= 15 is 0 Å². The third-order valence-corrected chi connectivity index (χ3v) is 5.89. The molecule has 0 bridgehead atoms. The second-order valence-corrected chi connectivity index (χ2v) is 7.70. The molecule has 1 aliphatic rings. The summed E-state index contributed by atoms with van der Waals surface area (Å²) >= 11 is 1.38. The minimum Gasteiger partial charge on any atom is -0.355 e. The highest BCUT2D eigenvalue weighted by Gasteiger charge is 2.35. The number of hydrogen-bond donors (Lipinski definition) is 2. The highest BCUT2D eigenvalue weighted by atomic mass is 32.1. The van der Waals surface area contributed by atoms with E-state index in [0.29, 0.717) is 18.0 Å². The van der Waals surface area contributed by atoms with Crippen molar-refractivity contribution < 1.29 is 14.0 Å². The topological polar surface area (TPSA) is 58.2 Å². The lowest BCUT2D eigenvalue weighted by molar-refractivity contribution is -0.121. The third kappa shape index (κ3) is 4.49. The molecule has 0 atom stereocenters. The normalized spacial score (nSPS) is 15.6. The van der Waals surface area contributed by atoms with E-state index in [1.807, 2.05) is 23.6 Å². The van der Waals surface area contributed by atoms with Crippen LogP contribution in [0.5, 0.6) is 0 Å². The minimum atomic E-state index is -0.243. The zero-order chi connectivity index (χ0) is 18.4. The van der Waals surface area contributed by atoms with Gasteiger partial charge in [0.25, 0.3) is 5.91 Å². The first-order chi connectivity index (χ1) is 12.6. The molecule has 3 rings (SSSR count). The predicted molar refractivity (Wildman–Crippen MR) is 101 cm³/mol. The van der Waals surface area contributed by atoms with Crippen molar-refractivity contribution in [3.63, 3.8) is 0 Å². The number of halogens is 1. The van der Waals surface area contributed by atoms with Crippen LogP contribution in [0.3, 0.4) is 0 Å². The van der Waals surface area contributed by atoms with Crippen molar-refractivity contribution >= 4 is 23.2 Å². The first-order valence-corrected chi connectivity index (χ1v) is 9.81. The summed E-state index contributed by atoms with van der Waals surface area (Å²) in [5.41, 5.74) is 0.978. The molecular weight excluding hydrogens is 351 g/mol. The van der Waals surface area contributed by atoms with Gasteiger partial charge in [-0.15, -0.1) is 11.3 Å². The second-order valence-electron chi connectivity index (χ2n) is 6.75. The van der Waals surface area contributed by atoms with E-state index in [1.165, 1.54) is 23.5 Å². The molecule has 4 nitrogen and oxygen atoms in total. The molecule has 0 radical (unpaired) electrons. The Morgan fingerprint density at radius 2 is 1.81 bits per heavy atom. The first kappa shape index (κ1) is 18.6. The fraction of sp³-hybridized carbons (Fsp3) is 0.400. The monoisotopic (exact) mass is 374 g/mol. The van der Waals surface area contributed by atoms with E-state index in [-0.39, 0.29) is 29.5 Å². The lowest BCUT2D eigenvalue weighted by Gasteiger charge is -2.30. The molecule has 1 aromatic carbocycles. The summed E-state index contributed by atoms with van der Waals surface area (Å²) in [4.78, 5) is 24.7. The minimum absolute atomic E-state index is 0.0788. The van der Waals surface area contributed by atoms with Crippen LogP contribution < -0.4 is 10.6 Å². The largest absolute Gasteiger partial charge is 0.355 e. The van der Waals surface area contributed by atoms with Crippen molar-refractivity contribution in [2.75, 3.05) is 13.1 Å². The summed E-state index contributed by atoms with van der Waals surface area (Å²) < 4.78 is 13.2. The quantitative estimate of drug-likeness (QED) is 0.777. The van der Waals surface area contributed by atoms with E-state index in [0.717, 1.165) is 31.2 Å². The molecule has 138 valence electrons. The van der Waals surface area contributed by atoms with Crippen LogP contribution in [0.25, 0.3) is 0 Å². The molecule has 1 fully saturated rings. The fourth-order valence-corrected chi connectivity index (χ4v) is 4.20. The number of carbonyl (C=O) groups is 2. The maximum Gasteiger partial charge on any atom is 0.261 e. The van der Waals surface area contributed by atoms with Crippen molar-refractivity contribution in [3.05, 3.63) is 58.0 Å². The van der Waals surface area contributed by atoms with Gasteiger partial charge < -0.3 is 10.6 Å². The fourth-order valence-electron chi connectivity index (χ4n) is 3.56. The average Bonchev–Trinajstić information content (AvgIpc) is 3.33. The Balaban J connectivity index is 1.49. The Hall–Kier alpha value is -2.21. The Morgan fingerprint density at radius 3 is 2.46 bits per heavy atom. The predicted octanol–water partition coefficient (Wildman–Crippen LogP) is 3.64. The van der Waals surface area contributed by atoms with E-state index in [2.05, 4.69) is 10.6 Å². The molecule has 2 N–H and O–H groups in total. The molecule has 2 amide bonds. The molecule has 1 aromatic heterocycles. The van der Waals surface area contributed by atoms with E-state index in [1.54, 1.807) is 6.07 Å². The molecular formula is C20H23FN2O2S. The first-order valence-electron chi connectivity index (χ1n) is 8.94. The van der Waals surface area contributed by atoms with Crippen molar-refractivity contribution in [1.82, 2.24) is 10.6 Å². The van der Waals surface area contributed by atoms with Gasteiger partial charge in [-0.1, -0.05) is 31.0 Å². The molecule has 1 heterocycles. The van der Waals surface area contributed by atoms with Crippen molar-refractivity contribution in [2.45, 2.75) is 37.5 Å². The summed E-state index contributed by atoms with van der Waals surface area (Å²) in [6, 6.07) is 10.2. The number of amides is 2. The number of carbonyl (C=O) groups excluding carboxylic acids is 2. The standard InChI is InChI=1S/C20H23FN2O2S/c21-16-7-5-15(6-8-16)20(10-1-2-11-20)14-23-18(24)9-12-22-19(25)17-4-3-13-26-17/h3-8,13H,1-2,9-12,14H2,(H,22,25)(H,23,24). The number of benzene rings is 1. The third-order valence-electron chi connectivity index (χ3n) is 5.02. The molecule has 1 saturated carbocycles. The maximum atomic E-state index is 13.2. The maximum absolute atomic E-state index is 13.2. The summed E-state index contributed by atoms with van der Waals surface area (Å²) in [6.45, 7) is 0.864. The van der Waals surface area contributed by atoms with Crippen molar-refractivity contribution in [2.24, 2.45) is 0 Å². The van der Waals surface area contributed by atoms with Gasteiger partial charge in [0.05, 0.1) is 4.88 Å². The summed E-state index contributed by atoms with van der Waals surface area (Å²) in [6.07, 6.45) is 4.47. The van der Waals surface area contributed by atoms with Crippen LogP contribution in [0.1, 0.15) is 47.3 Å². The molecule has 2 aromatic rings. The Labute approximate surface area is 156 Å². The van der Waals surface area contributed by atoms with Gasteiger partial charge in [0.15, 0.2) is 0 Å². The highest BCUT2D eigenvalue weighted by Crippen LogP contribution is 2.40. The highest BCUT2D eigenvalue weighted by molar-refractivity contribution is 7.12. The number of thiophene rings is 1. The van der Waals surface area contributed by atoms with E-state index < -0.39 is 0 Å². The molecule has 1 aliphatic carbocycles. The zero-order valence-electron chi connectivity index (χ0n) is 14.6. The van der Waals surface area contributed by atoms with Crippen molar-refractivity contribution in [1.29, 1.82) is 0 Å². The van der Waals surface area contributed by atoms with Gasteiger partial charge in [0, 0.05) is 24.9 Å². The number of rotatable bonds is 7.